The summed E-state index contributed by atoms with van der Waals surface area (Å²) in [6, 6.07) is 23.7. The second kappa shape index (κ2) is 13.6. The third-order valence-electron chi connectivity index (χ3n) is 8.39. The summed E-state index contributed by atoms with van der Waals surface area (Å²) in [4.78, 5) is 48.0. The van der Waals surface area contributed by atoms with Crippen molar-refractivity contribution >= 4 is 29.5 Å². The molecule has 0 aliphatic carbocycles. The Balaban J connectivity index is 1.72. The van der Waals surface area contributed by atoms with Crippen LogP contribution < -0.4 is 10.6 Å². The average molecular weight is 585 g/mol. The van der Waals surface area contributed by atoms with Gasteiger partial charge in [0.15, 0.2) is 5.78 Å². The number of carbonyl (C=O) groups excluding carboxylic acids is 3. The number of ketones is 1. The maximum Gasteiger partial charge on any atom is 0.318 e. The number of Topliss-reactive ketones (excluding diaryl/α,β-unsaturated/α-hetero) is 1. The van der Waals surface area contributed by atoms with E-state index in [1.807, 2.05) is 104 Å². The number of aryl methyl sites for hydroxylation is 1. The molecule has 3 aromatic carbocycles. The van der Waals surface area contributed by atoms with E-state index in [0.29, 0.717) is 38.3 Å². The van der Waals surface area contributed by atoms with Crippen LogP contribution in [0, 0.1) is 12.8 Å². The van der Waals surface area contributed by atoms with E-state index in [0.717, 1.165) is 28.0 Å². The molecule has 7 nitrogen and oxygen atoms in total. The zero-order valence-corrected chi connectivity index (χ0v) is 25.4. The molecule has 2 aliphatic heterocycles. The molecule has 0 aromatic heterocycles. The Morgan fingerprint density at radius 1 is 0.905 bits per heavy atom. The van der Waals surface area contributed by atoms with Gasteiger partial charge >= 0.3 is 6.03 Å². The minimum Gasteiger partial charge on any atom is -0.338 e. The lowest BCUT2D eigenvalue weighted by Gasteiger charge is -2.36. The molecular weight excluding hydrogens is 544 g/mol. The van der Waals surface area contributed by atoms with Crippen LogP contribution in [0.5, 0.6) is 0 Å². The first-order chi connectivity index (χ1) is 20.4. The summed E-state index contributed by atoms with van der Waals surface area (Å²) in [6.07, 6.45) is 2.77. The molecule has 2 heterocycles. The van der Waals surface area contributed by atoms with Crippen molar-refractivity contribution in [2.75, 3.05) is 39.0 Å². The lowest BCUT2D eigenvalue weighted by Crippen LogP contribution is -2.56. The van der Waals surface area contributed by atoms with Gasteiger partial charge in [-0.15, -0.1) is 11.8 Å². The fourth-order valence-corrected chi connectivity index (χ4v) is 6.69. The van der Waals surface area contributed by atoms with Crippen LogP contribution in [-0.4, -0.2) is 72.5 Å². The Kier molecular flexibility index (Phi) is 9.65. The van der Waals surface area contributed by atoms with Gasteiger partial charge in [0.05, 0.1) is 12.0 Å². The summed E-state index contributed by atoms with van der Waals surface area (Å²) >= 11 is 1.62. The third-order valence-corrected chi connectivity index (χ3v) is 9.13. The Morgan fingerprint density at radius 2 is 1.57 bits per heavy atom. The molecular formula is C34H40N4O3S. The highest BCUT2D eigenvalue weighted by atomic mass is 32.2. The first-order valence-electron chi connectivity index (χ1n) is 14.8. The van der Waals surface area contributed by atoms with Gasteiger partial charge in [-0.3, -0.25) is 9.59 Å². The molecule has 220 valence electrons. The fourth-order valence-electron chi connectivity index (χ4n) is 6.28. The molecule has 3 amide bonds. The molecule has 0 spiro atoms. The molecule has 2 saturated heterocycles. The van der Waals surface area contributed by atoms with Crippen LogP contribution in [0.15, 0.2) is 83.8 Å². The number of benzene rings is 3. The summed E-state index contributed by atoms with van der Waals surface area (Å²) in [5, 5.41) is 6.37. The number of hydrogen-bond donors (Lipinski definition) is 2. The molecule has 3 aromatic rings. The van der Waals surface area contributed by atoms with Crippen LogP contribution in [0.3, 0.4) is 0 Å². The van der Waals surface area contributed by atoms with Gasteiger partial charge in [-0.25, -0.2) is 4.79 Å². The Morgan fingerprint density at radius 3 is 2.19 bits per heavy atom. The minimum atomic E-state index is -0.840. The average Bonchev–Trinajstić information content (AvgIpc) is 3.40. The van der Waals surface area contributed by atoms with E-state index in [4.69, 9.17) is 0 Å². The Hall–Kier alpha value is -3.62. The normalized spacial score (nSPS) is 22.2. The van der Waals surface area contributed by atoms with Crippen molar-refractivity contribution in [1.82, 2.24) is 20.4 Å². The van der Waals surface area contributed by atoms with Crippen molar-refractivity contribution in [3.63, 3.8) is 0 Å². The van der Waals surface area contributed by atoms with Gasteiger partial charge in [-0.2, -0.15) is 0 Å². The largest absolute Gasteiger partial charge is 0.338 e. The van der Waals surface area contributed by atoms with E-state index < -0.39 is 23.9 Å². The van der Waals surface area contributed by atoms with Crippen molar-refractivity contribution in [1.29, 1.82) is 0 Å². The highest BCUT2D eigenvalue weighted by Crippen LogP contribution is 2.51. The topological polar surface area (TPSA) is 81.8 Å². The van der Waals surface area contributed by atoms with Gasteiger partial charge in [-0.05, 0) is 42.9 Å². The first kappa shape index (κ1) is 29.9. The molecule has 0 saturated carbocycles. The standard InChI is InChI=1S/C34H40N4O3S/c1-4-18-36-34(41)38-30(25-12-10-23(2)11-13-25)29(32(39)26-14-16-27(42-3)17-15-26)28(24-8-6-5-7-9-24)31(38)33(40)37-21-19-35-20-22-37/h5-17,28-31,35H,4,18-22H2,1-3H3,(H,36,41). The van der Waals surface area contributed by atoms with E-state index in [-0.39, 0.29) is 17.7 Å². The first-order valence-corrected chi connectivity index (χ1v) is 16.0. The summed E-state index contributed by atoms with van der Waals surface area (Å²) < 4.78 is 0. The highest BCUT2D eigenvalue weighted by Gasteiger charge is 2.58. The van der Waals surface area contributed by atoms with Crippen LogP contribution in [0.1, 0.15) is 52.4 Å². The lowest BCUT2D eigenvalue weighted by molar-refractivity contribution is -0.136. The summed E-state index contributed by atoms with van der Waals surface area (Å²) in [6.45, 7) is 7.02. The molecule has 0 radical (unpaired) electrons. The number of thioether (sulfide) groups is 1. The van der Waals surface area contributed by atoms with E-state index in [9.17, 15) is 14.4 Å². The fraction of sp³-hybridized carbons (Fsp3) is 0.382. The quantitative estimate of drug-likeness (QED) is 0.278. The smallest absolute Gasteiger partial charge is 0.318 e. The number of carbonyl (C=O) groups is 3. The molecule has 2 N–H and O–H groups in total. The molecule has 2 fully saturated rings. The second-order valence-corrected chi connectivity index (χ2v) is 11.9. The maximum absolute atomic E-state index is 14.7. The number of nitrogens with one attached hydrogen (secondary N) is 2. The molecule has 42 heavy (non-hydrogen) atoms. The van der Waals surface area contributed by atoms with Crippen LogP contribution in [0.25, 0.3) is 0 Å². The molecule has 0 bridgehead atoms. The van der Waals surface area contributed by atoms with E-state index in [1.165, 1.54) is 0 Å². The van der Waals surface area contributed by atoms with Crippen LogP contribution in [-0.2, 0) is 4.79 Å². The van der Waals surface area contributed by atoms with Gasteiger partial charge in [0.25, 0.3) is 0 Å². The van der Waals surface area contributed by atoms with Gasteiger partial charge in [-0.1, -0.05) is 79.2 Å². The van der Waals surface area contributed by atoms with E-state index >= 15 is 0 Å². The van der Waals surface area contributed by atoms with E-state index in [2.05, 4.69) is 10.6 Å². The monoisotopic (exact) mass is 584 g/mol. The molecule has 2 aliphatic rings. The number of likely N-dealkylation sites (tertiary alicyclic amines) is 1. The summed E-state index contributed by atoms with van der Waals surface area (Å²) in [5.74, 6) is -1.37. The van der Waals surface area contributed by atoms with Crippen LogP contribution in [0.4, 0.5) is 4.79 Å². The van der Waals surface area contributed by atoms with Gasteiger partial charge in [0.2, 0.25) is 5.91 Å². The number of amides is 3. The molecule has 4 unspecified atom stereocenters. The minimum absolute atomic E-state index is 0.0639. The van der Waals surface area contributed by atoms with E-state index in [1.54, 1.807) is 16.7 Å². The SMILES string of the molecule is CCCNC(=O)N1C(C(=O)N2CCNCC2)C(c2ccccc2)C(C(=O)c2ccc(SC)cc2)C1c1ccc(C)cc1. The summed E-state index contributed by atoms with van der Waals surface area (Å²) in [7, 11) is 0. The molecule has 4 atom stereocenters. The highest BCUT2D eigenvalue weighted by molar-refractivity contribution is 7.98. The second-order valence-electron chi connectivity index (χ2n) is 11.1. The van der Waals surface area contributed by atoms with Gasteiger partial charge in [0, 0.05) is 49.1 Å². The third kappa shape index (κ3) is 6.10. The molecule has 8 heteroatoms. The van der Waals surface area contributed by atoms with Crippen molar-refractivity contribution in [2.45, 2.75) is 43.2 Å². The van der Waals surface area contributed by atoms with Crippen molar-refractivity contribution in [3.8, 4) is 0 Å². The van der Waals surface area contributed by atoms with Crippen molar-refractivity contribution < 1.29 is 14.4 Å². The number of urea groups is 1. The van der Waals surface area contributed by atoms with Crippen LogP contribution in [0.2, 0.25) is 0 Å². The predicted octanol–water partition coefficient (Wildman–Crippen LogP) is 5.28. The summed E-state index contributed by atoms with van der Waals surface area (Å²) in [5.41, 5.74) is 3.40. The van der Waals surface area contributed by atoms with Crippen molar-refractivity contribution in [2.24, 2.45) is 5.92 Å². The number of hydrogen-bond acceptors (Lipinski definition) is 5. The maximum atomic E-state index is 14.7. The number of rotatable bonds is 8. The Labute approximate surface area is 253 Å². The molecule has 5 rings (SSSR count). The van der Waals surface area contributed by atoms with Gasteiger partial charge < -0.3 is 20.4 Å². The zero-order valence-electron chi connectivity index (χ0n) is 24.6. The van der Waals surface area contributed by atoms with Crippen LogP contribution >= 0.6 is 11.8 Å². The van der Waals surface area contributed by atoms with Gasteiger partial charge in [0.1, 0.15) is 6.04 Å². The lowest BCUT2D eigenvalue weighted by atomic mass is 9.76. The predicted molar refractivity (Wildman–Crippen MR) is 168 cm³/mol. The number of nitrogens with zero attached hydrogens (tertiary/aromatic N) is 2. The zero-order chi connectivity index (χ0) is 29.6. The van der Waals surface area contributed by atoms with Crippen molar-refractivity contribution in [3.05, 3.63) is 101 Å². The Bertz CT molecular complexity index is 1370. The number of piperazine rings is 1.